The van der Waals surface area contributed by atoms with Gasteiger partial charge in [0.15, 0.2) is 23.6 Å². The minimum absolute atomic E-state index is 0.0202. The highest BCUT2D eigenvalue weighted by Crippen LogP contribution is 2.65. The van der Waals surface area contributed by atoms with E-state index in [1.165, 1.54) is 11.9 Å². The summed E-state index contributed by atoms with van der Waals surface area (Å²) in [6.45, 7) is 1.03. The van der Waals surface area contributed by atoms with Gasteiger partial charge in [-0.15, -0.1) is 0 Å². The Morgan fingerprint density at radius 3 is 2.74 bits per heavy atom. The molecule has 3 amide bonds. The van der Waals surface area contributed by atoms with Crippen molar-refractivity contribution in [1.82, 2.24) is 20.4 Å². The third kappa shape index (κ3) is 6.14. The van der Waals surface area contributed by atoms with Crippen LogP contribution in [0.15, 0.2) is 29.0 Å². The van der Waals surface area contributed by atoms with Crippen molar-refractivity contribution in [3.05, 3.63) is 35.1 Å². The van der Waals surface area contributed by atoms with E-state index in [2.05, 4.69) is 20.5 Å². The predicted molar refractivity (Wildman–Crippen MR) is 168 cm³/mol. The first-order chi connectivity index (χ1) is 22.3. The van der Waals surface area contributed by atoms with Crippen LogP contribution in [0.2, 0.25) is 0 Å². The molecule has 2 aliphatic heterocycles. The SMILES string of the molecule is COc1ccc2c3c1O[C@H]1C(OC(=O)N(C)CCNC(=O)C(CCCN=C(N)N)NC(=O)CC(=O)O)=CC[C@@]4(O)[C@@H](C2)N(C)CC[C@]314. The van der Waals surface area contributed by atoms with Crippen molar-refractivity contribution in [2.24, 2.45) is 16.5 Å². The topological polar surface area (TPSA) is 231 Å². The summed E-state index contributed by atoms with van der Waals surface area (Å²) in [6.07, 6.45) is 1.56. The number of methoxy groups -OCH3 is 1. The fraction of sp³-hybridized carbons (Fsp3) is 0.581. The molecule has 1 unspecified atom stereocenters. The summed E-state index contributed by atoms with van der Waals surface area (Å²) in [6, 6.07) is 2.72. The molecule has 256 valence electrons. The van der Waals surface area contributed by atoms with Crippen molar-refractivity contribution in [2.75, 3.05) is 47.4 Å². The van der Waals surface area contributed by atoms with Gasteiger partial charge in [0.1, 0.15) is 18.2 Å². The number of aliphatic imine (C=N–C) groups is 1. The average Bonchev–Trinajstić information content (AvgIpc) is 3.37. The molecule has 2 heterocycles. The van der Waals surface area contributed by atoms with E-state index in [1.807, 2.05) is 19.2 Å². The zero-order chi connectivity index (χ0) is 34.1. The molecule has 0 radical (unpaired) electrons. The summed E-state index contributed by atoms with van der Waals surface area (Å²) in [4.78, 5) is 56.5. The van der Waals surface area contributed by atoms with Crippen LogP contribution in [0.25, 0.3) is 0 Å². The maximum atomic E-state index is 13.3. The van der Waals surface area contributed by atoms with E-state index in [0.29, 0.717) is 36.5 Å². The fourth-order valence-corrected chi connectivity index (χ4v) is 7.48. The first-order valence-electron chi connectivity index (χ1n) is 15.6. The monoisotopic (exact) mass is 657 g/mol. The van der Waals surface area contributed by atoms with E-state index in [4.69, 9.17) is 30.8 Å². The second-order valence-electron chi connectivity index (χ2n) is 12.5. The average molecular weight is 658 g/mol. The van der Waals surface area contributed by atoms with Crippen molar-refractivity contribution in [2.45, 2.75) is 67.7 Å². The standard InChI is InChI=1S/C31H43N7O9/c1-37-13-10-30-24-17-6-7-19(45-3)25(24)47-26(30)20(8-9-31(30,44)21(37)15-17)46-29(43)38(2)14-12-34-27(42)18(5-4-11-35-28(32)33)36-22(39)16-23(40)41/h6-8,18,21,26,44H,4-5,9-16H2,1-3H3,(H,34,42)(H,36,39)(H,40,41)(H4,32,33,35)/t18?,21-,26+,30+,31-/m1/s1. The number of nitrogens with two attached hydrogens (primary N) is 2. The van der Waals surface area contributed by atoms with Gasteiger partial charge in [-0.25, -0.2) is 4.79 Å². The number of carbonyl (C=O) groups excluding carboxylic acids is 3. The lowest BCUT2D eigenvalue weighted by molar-refractivity contribution is -0.163. The lowest BCUT2D eigenvalue weighted by Crippen LogP contribution is -2.74. The molecule has 1 spiro atoms. The Bertz CT molecular complexity index is 1500. The molecule has 5 rings (SSSR count). The van der Waals surface area contributed by atoms with Crippen LogP contribution in [0.4, 0.5) is 4.79 Å². The Morgan fingerprint density at radius 1 is 1.28 bits per heavy atom. The molecule has 1 saturated heterocycles. The zero-order valence-electron chi connectivity index (χ0n) is 26.8. The van der Waals surface area contributed by atoms with E-state index in [0.717, 1.165) is 17.7 Å². The number of nitrogens with one attached hydrogen (secondary N) is 2. The Balaban J connectivity index is 1.23. The Kier molecular flexibility index (Phi) is 9.54. The van der Waals surface area contributed by atoms with Crippen LogP contribution in [-0.4, -0.2) is 121 Å². The second-order valence-corrected chi connectivity index (χ2v) is 12.5. The summed E-state index contributed by atoms with van der Waals surface area (Å²) in [5.41, 5.74) is 10.7. The zero-order valence-corrected chi connectivity index (χ0v) is 26.8. The lowest BCUT2D eigenvalue weighted by atomic mass is 9.50. The third-order valence-corrected chi connectivity index (χ3v) is 9.73. The van der Waals surface area contributed by atoms with Crippen molar-refractivity contribution >= 4 is 29.8 Å². The van der Waals surface area contributed by atoms with Crippen molar-refractivity contribution < 1.29 is 43.6 Å². The number of likely N-dealkylation sites (N-methyl/N-ethyl adjacent to an activating group) is 2. The van der Waals surface area contributed by atoms with Gasteiger partial charge in [-0.3, -0.25) is 19.4 Å². The predicted octanol–water partition coefficient (Wildman–Crippen LogP) is -0.829. The molecule has 0 saturated carbocycles. The molecule has 0 aromatic heterocycles. The van der Waals surface area contributed by atoms with Gasteiger partial charge in [0.2, 0.25) is 11.8 Å². The normalized spacial score (nSPS) is 25.7. The molecule has 2 aliphatic carbocycles. The molecule has 1 aromatic carbocycles. The molecule has 8 N–H and O–H groups in total. The van der Waals surface area contributed by atoms with Gasteiger partial charge in [0.05, 0.1) is 18.1 Å². The van der Waals surface area contributed by atoms with E-state index in [1.54, 1.807) is 13.2 Å². The van der Waals surface area contributed by atoms with Crippen molar-refractivity contribution in [3.63, 3.8) is 0 Å². The van der Waals surface area contributed by atoms with Crippen molar-refractivity contribution in [1.29, 1.82) is 0 Å². The summed E-state index contributed by atoms with van der Waals surface area (Å²) >= 11 is 0. The van der Waals surface area contributed by atoms with Crippen LogP contribution in [0, 0.1) is 0 Å². The van der Waals surface area contributed by atoms with Crippen LogP contribution in [0.3, 0.4) is 0 Å². The van der Waals surface area contributed by atoms with E-state index in [-0.39, 0.29) is 44.5 Å². The number of likely N-dealkylation sites (tertiary alicyclic amines) is 1. The summed E-state index contributed by atoms with van der Waals surface area (Å²) < 4.78 is 18.1. The summed E-state index contributed by atoms with van der Waals surface area (Å²) in [5, 5.41) is 26.3. The van der Waals surface area contributed by atoms with Crippen LogP contribution in [0.1, 0.15) is 43.2 Å². The highest BCUT2D eigenvalue weighted by molar-refractivity contribution is 5.96. The highest BCUT2D eigenvalue weighted by Gasteiger charge is 2.72. The van der Waals surface area contributed by atoms with Crippen LogP contribution >= 0.6 is 0 Å². The molecule has 1 aromatic rings. The fourth-order valence-electron chi connectivity index (χ4n) is 7.48. The van der Waals surface area contributed by atoms with Gasteiger partial charge >= 0.3 is 12.1 Å². The van der Waals surface area contributed by atoms with Gasteiger partial charge < -0.3 is 56.3 Å². The molecule has 16 heteroatoms. The Morgan fingerprint density at radius 2 is 2.04 bits per heavy atom. The van der Waals surface area contributed by atoms with Crippen LogP contribution in [-0.2, 0) is 31.0 Å². The molecule has 4 aliphatic rings. The second kappa shape index (κ2) is 13.3. The number of rotatable bonds is 13. The number of aliphatic carboxylic acids is 1. The Labute approximate surface area is 272 Å². The maximum absolute atomic E-state index is 13.3. The largest absolute Gasteiger partial charge is 0.493 e. The number of nitrogens with zero attached hydrogens (tertiary/aromatic N) is 3. The molecule has 16 nitrogen and oxygen atoms in total. The van der Waals surface area contributed by atoms with Crippen LogP contribution in [0.5, 0.6) is 11.5 Å². The van der Waals surface area contributed by atoms with Gasteiger partial charge in [0.25, 0.3) is 0 Å². The lowest BCUT2D eigenvalue weighted by Gasteiger charge is -2.61. The molecule has 47 heavy (non-hydrogen) atoms. The number of piperidine rings is 1. The maximum Gasteiger partial charge on any atom is 0.414 e. The number of benzene rings is 1. The Hall–Kier alpha value is -4.57. The quantitative estimate of drug-likeness (QED) is 0.0661. The first kappa shape index (κ1) is 33.8. The van der Waals surface area contributed by atoms with Crippen molar-refractivity contribution in [3.8, 4) is 11.5 Å². The van der Waals surface area contributed by atoms with Gasteiger partial charge in [-0.05, 0) is 57.0 Å². The first-order valence-corrected chi connectivity index (χ1v) is 15.6. The molecule has 2 bridgehead atoms. The molecular weight excluding hydrogens is 614 g/mol. The number of guanidine groups is 1. The number of carbonyl (C=O) groups is 4. The number of amides is 3. The molecular formula is C31H43N7O9. The minimum atomic E-state index is -1.33. The van der Waals surface area contributed by atoms with E-state index < -0.39 is 53.5 Å². The van der Waals surface area contributed by atoms with E-state index >= 15 is 0 Å². The van der Waals surface area contributed by atoms with Gasteiger partial charge in [0, 0.05) is 44.7 Å². The smallest absolute Gasteiger partial charge is 0.414 e. The number of ether oxygens (including phenoxy) is 3. The number of hydrogen-bond donors (Lipinski definition) is 6. The summed E-state index contributed by atoms with van der Waals surface area (Å²) in [7, 11) is 5.10. The minimum Gasteiger partial charge on any atom is -0.493 e. The third-order valence-electron chi connectivity index (χ3n) is 9.73. The molecule has 1 fully saturated rings. The van der Waals surface area contributed by atoms with Crippen LogP contribution < -0.4 is 31.6 Å². The highest BCUT2D eigenvalue weighted by atomic mass is 16.6. The summed E-state index contributed by atoms with van der Waals surface area (Å²) in [5.74, 6) is -1.38. The van der Waals surface area contributed by atoms with Gasteiger partial charge in [-0.2, -0.15) is 0 Å². The van der Waals surface area contributed by atoms with Gasteiger partial charge in [-0.1, -0.05) is 6.07 Å². The number of carboxylic acid groups (broad SMARTS) is 1. The van der Waals surface area contributed by atoms with E-state index in [9.17, 15) is 24.3 Å². The number of carboxylic acids is 1. The number of aliphatic hydroxyl groups is 1. The number of hydrogen-bond acceptors (Lipinski definition) is 10. The molecule has 5 atom stereocenters.